The van der Waals surface area contributed by atoms with Crippen molar-refractivity contribution in [3.8, 4) is 0 Å². The summed E-state index contributed by atoms with van der Waals surface area (Å²) in [5, 5.41) is 0. The molecule has 0 amide bonds. The fourth-order valence-electron chi connectivity index (χ4n) is 1.77. The highest BCUT2D eigenvalue weighted by Crippen LogP contribution is 2.18. The summed E-state index contributed by atoms with van der Waals surface area (Å²) in [6, 6.07) is 5.87. The minimum Gasteiger partial charge on any atom is -0.462 e. The Kier molecular flexibility index (Phi) is 4.30. The molecule has 0 aliphatic carbocycles. The number of nitrogens with zero attached hydrogens (tertiary/aromatic N) is 2. The number of aromatic nitrogens is 2. The normalized spacial score (nSPS) is 11.4. The molecule has 0 unspecified atom stereocenters. The lowest BCUT2D eigenvalue weighted by molar-refractivity contribution is -0.136. The van der Waals surface area contributed by atoms with E-state index >= 15 is 0 Å². The Morgan fingerprint density at radius 1 is 1.40 bits per heavy atom. The highest BCUT2D eigenvalue weighted by atomic mass is 19.1. The van der Waals surface area contributed by atoms with Gasteiger partial charge >= 0.3 is 5.97 Å². The van der Waals surface area contributed by atoms with Gasteiger partial charge in [-0.15, -0.1) is 0 Å². The van der Waals surface area contributed by atoms with E-state index in [1.54, 1.807) is 49.1 Å². The van der Waals surface area contributed by atoms with Crippen molar-refractivity contribution >= 4 is 17.6 Å². The van der Waals surface area contributed by atoms with Crippen LogP contribution in [0.2, 0.25) is 0 Å². The zero-order valence-corrected chi connectivity index (χ0v) is 11.3. The number of hydrogen-bond acceptors (Lipinski definition) is 3. The maximum atomic E-state index is 12.9. The number of rotatable bonds is 4. The van der Waals surface area contributed by atoms with Crippen LogP contribution in [0.25, 0.3) is 11.6 Å². The standard InChI is InChI=1S/C15H15FN2O2/c1-3-20-15(19)13(14-17-8-9-18(14)2)10-11-4-6-12(16)7-5-11/h4-10H,3H2,1-2H3. The van der Waals surface area contributed by atoms with Gasteiger partial charge in [-0.25, -0.2) is 14.2 Å². The van der Waals surface area contributed by atoms with Gasteiger partial charge in [-0.3, -0.25) is 0 Å². The van der Waals surface area contributed by atoms with Crippen LogP contribution in [0.1, 0.15) is 18.3 Å². The number of benzene rings is 1. The summed E-state index contributed by atoms with van der Waals surface area (Å²) in [6.07, 6.45) is 4.99. The van der Waals surface area contributed by atoms with E-state index in [0.29, 0.717) is 17.0 Å². The molecule has 0 bridgehead atoms. The van der Waals surface area contributed by atoms with Gasteiger partial charge in [0.2, 0.25) is 0 Å². The molecule has 1 aromatic heterocycles. The number of carbonyl (C=O) groups is 1. The molecule has 0 saturated carbocycles. The van der Waals surface area contributed by atoms with E-state index in [1.165, 1.54) is 12.1 Å². The summed E-state index contributed by atoms with van der Waals surface area (Å²) < 4.78 is 19.7. The quantitative estimate of drug-likeness (QED) is 0.636. The zero-order valence-electron chi connectivity index (χ0n) is 11.3. The van der Waals surface area contributed by atoms with Gasteiger partial charge in [-0.2, -0.15) is 0 Å². The van der Waals surface area contributed by atoms with E-state index in [9.17, 15) is 9.18 Å². The average Bonchev–Trinajstić information content (AvgIpc) is 2.84. The Morgan fingerprint density at radius 3 is 2.65 bits per heavy atom. The minimum absolute atomic E-state index is 0.282. The molecule has 0 saturated heterocycles. The lowest BCUT2D eigenvalue weighted by Crippen LogP contribution is -2.10. The monoisotopic (exact) mass is 274 g/mol. The summed E-state index contributed by atoms with van der Waals surface area (Å²) in [5.74, 6) is -0.268. The Labute approximate surface area is 116 Å². The molecule has 0 radical (unpaired) electrons. The molecule has 20 heavy (non-hydrogen) atoms. The maximum absolute atomic E-state index is 12.9. The van der Waals surface area contributed by atoms with E-state index in [-0.39, 0.29) is 12.4 Å². The molecule has 5 heteroatoms. The SMILES string of the molecule is CCOC(=O)C(=Cc1ccc(F)cc1)c1nccn1C. The first-order valence-corrected chi connectivity index (χ1v) is 6.24. The Morgan fingerprint density at radius 2 is 2.10 bits per heavy atom. The Balaban J connectivity index is 2.43. The Hall–Kier alpha value is -2.43. The molecule has 2 aromatic rings. The third kappa shape index (κ3) is 3.12. The Bertz CT molecular complexity index is 630. The molecule has 2 rings (SSSR count). The van der Waals surface area contributed by atoms with Crippen molar-refractivity contribution in [1.82, 2.24) is 9.55 Å². The third-order valence-electron chi connectivity index (χ3n) is 2.74. The molecular formula is C15H15FN2O2. The van der Waals surface area contributed by atoms with Gasteiger partial charge in [0, 0.05) is 19.4 Å². The molecule has 4 nitrogen and oxygen atoms in total. The smallest absolute Gasteiger partial charge is 0.341 e. The van der Waals surface area contributed by atoms with Gasteiger partial charge in [0.25, 0.3) is 0 Å². The van der Waals surface area contributed by atoms with Crippen molar-refractivity contribution in [2.24, 2.45) is 7.05 Å². The molecule has 1 aromatic carbocycles. The largest absolute Gasteiger partial charge is 0.462 e. The number of carbonyl (C=O) groups excluding carboxylic acids is 1. The fraction of sp³-hybridized carbons (Fsp3) is 0.200. The molecule has 0 aliphatic heterocycles. The highest BCUT2D eigenvalue weighted by molar-refractivity contribution is 6.20. The van der Waals surface area contributed by atoms with Crippen LogP contribution in [-0.4, -0.2) is 22.1 Å². The second-order valence-corrected chi connectivity index (χ2v) is 4.19. The van der Waals surface area contributed by atoms with Crippen LogP contribution >= 0.6 is 0 Å². The second-order valence-electron chi connectivity index (χ2n) is 4.19. The van der Waals surface area contributed by atoms with Gasteiger partial charge < -0.3 is 9.30 Å². The number of ether oxygens (including phenoxy) is 1. The predicted molar refractivity (Wildman–Crippen MR) is 74.1 cm³/mol. The number of aryl methyl sites for hydroxylation is 1. The maximum Gasteiger partial charge on any atom is 0.341 e. The van der Waals surface area contributed by atoms with E-state index in [4.69, 9.17) is 4.74 Å². The number of esters is 1. The van der Waals surface area contributed by atoms with Crippen molar-refractivity contribution in [3.05, 3.63) is 53.9 Å². The van der Waals surface area contributed by atoms with Gasteiger partial charge in [0.15, 0.2) is 0 Å². The first-order chi connectivity index (χ1) is 9.61. The van der Waals surface area contributed by atoms with Crippen molar-refractivity contribution in [1.29, 1.82) is 0 Å². The molecule has 0 spiro atoms. The zero-order chi connectivity index (χ0) is 14.5. The summed E-state index contributed by atoms with van der Waals surface area (Å²) in [4.78, 5) is 16.2. The molecule has 1 heterocycles. The fourth-order valence-corrected chi connectivity index (χ4v) is 1.77. The van der Waals surface area contributed by atoms with Gasteiger partial charge in [0.1, 0.15) is 17.2 Å². The molecule has 0 atom stereocenters. The summed E-state index contributed by atoms with van der Waals surface area (Å²) in [6.45, 7) is 2.02. The molecule has 0 N–H and O–H groups in total. The molecule has 0 fully saturated rings. The van der Waals surface area contributed by atoms with Crippen molar-refractivity contribution in [2.45, 2.75) is 6.92 Å². The van der Waals surface area contributed by atoms with Crippen LogP contribution in [0.3, 0.4) is 0 Å². The lowest BCUT2D eigenvalue weighted by atomic mass is 10.1. The molecule has 104 valence electrons. The molecule has 0 aliphatic rings. The first kappa shape index (κ1) is 14.0. The topological polar surface area (TPSA) is 44.1 Å². The third-order valence-corrected chi connectivity index (χ3v) is 2.74. The highest BCUT2D eigenvalue weighted by Gasteiger charge is 2.17. The average molecular weight is 274 g/mol. The van der Waals surface area contributed by atoms with E-state index in [1.807, 2.05) is 0 Å². The summed E-state index contributed by atoms with van der Waals surface area (Å²) in [7, 11) is 1.79. The van der Waals surface area contributed by atoms with Crippen molar-refractivity contribution in [3.63, 3.8) is 0 Å². The van der Waals surface area contributed by atoms with Crippen LogP contribution < -0.4 is 0 Å². The van der Waals surface area contributed by atoms with E-state index in [2.05, 4.69) is 4.98 Å². The van der Waals surface area contributed by atoms with Crippen LogP contribution in [0.4, 0.5) is 4.39 Å². The number of hydrogen-bond donors (Lipinski definition) is 0. The van der Waals surface area contributed by atoms with Gasteiger partial charge in [-0.1, -0.05) is 12.1 Å². The summed E-state index contributed by atoms with van der Waals surface area (Å²) in [5.41, 5.74) is 1.04. The van der Waals surface area contributed by atoms with Crippen LogP contribution in [0.5, 0.6) is 0 Å². The summed E-state index contributed by atoms with van der Waals surface area (Å²) >= 11 is 0. The van der Waals surface area contributed by atoms with E-state index < -0.39 is 5.97 Å². The van der Waals surface area contributed by atoms with E-state index in [0.717, 1.165) is 0 Å². The minimum atomic E-state index is -0.453. The van der Waals surface area contributed by atoms with Crippen molar-refractivity contribution < 1.29 is 13.9 Å². The number of imidazole rings is 1. The second kappa shape index (κ2) is 6.14. The van der Waals surface area contributed by atoms with Crippen molar-refractivity contribution in [2.75, 3.05) is 6.61 Å². The lowest BCUT2D eigenvalue weighted by Gasteiger charge is -2.07. The molecular weight excluding hydrogens is 259 g/mol. The van der Waals surface area contributed by atoms with Gasteiger partial charge in [-0.05, 0) is 30.7 Å². The number of halogens is 1. The first-order valence-electron chi connectivity index (χ1n) is 6.24. The van der Waals surface area contributed by atoms with Crippen LogP contribution in [0, 0.1) is 5.82 Å². The predicted octanol–water partition coefficient (Wildman–Crippen LogP) is 2.66. The van der Waals surface area contributed by atoms with Crippen LogP contribution in [-0.2, 0) is 16.6 Å². The van der Waals surface area contributed by atoms with Gasteiger partial charge in [0.05, 0.1) is 6.61 Å². The van der Waals surface area contributed by atoms with Crippen LogP contribution in [0.15, 0.2) is 36.7 Å².